The van der Waals surface area contributed by atoms with Gasteiger partial charge in [0.1, 0.15) is 0 Å². The summed E-state index contributed by atoms with van der Waals surface area (Å²) in [6.07, 6.45) is 5.17. The lowest BCUT2D eigenvalue weighted by atomic mass is 9.97. The molecule has 2 heteroatoms. The van der Waals surface area contributed by atoms with Crippen molar-refractivity contribution in [3.8, 4) is 0 Å². The summed E-state index contributed by atoms with van der Waals surface area (Å²) in [5.74, 6) is 0.397. The molecule has 0 saturated carbocycles. The van der Waals surface area contributed by atoms with Crippen LogP contribution in [0, 0.1) is 5.92 Å². The van der Waals surface area contributed by atoms with Gasteiger partial charge in [0.05, 0.1) is 6.10 Å². The summed E-state index contributed by atoms with van der Waals surface area (Å²) in [7, 11) is 0. The molecule has 1 aliphatic heterocycles. The Labute approximate surface area is 104 Å². The minimum Gasteiger partial charge on any atom is -0.393 e. The Kier molecular flexibility index (Phi) is 4.35. The van der Waals surface area contributed by atoms with Gasteiger partial charge in [-0.3, -0.25) is 4.90 Å². The van der Waals surface area contributed by atoms with Crippen LogP contribution < -0.4 is 0 Å². The van der Waals surface area contributed by atoms with E-state index in [1.54, 1.807) is 0 Å². The Morgan fingerprint density at radius 2 is 2.12 bits per heavy atom. The second-order valence-corrected chi connectivity index (χ2v) is 4.91. The Hall–Kier alpha value is -1.12. The second kappa shape index (κ2) is 5.99. The molecule has 1 heterocycles. The predicted molar refractivity (Wildman–Crippen MR) is 71.7 cm³/mol. The lowest BCUT2D eigenvalue weighted by Crippen LogP contribution is -2.41. The van der Waals surface area contributed by atoms with Crippen molar-refractivity contribution in [1.29, 1.82) is 0 Å². The van der Waals surface area contributed by atoms with Crippen LogP contribution in [0.1, 0.15) is 18.9 Å². The molecule has 2 rings (SSSR count). The molecule has 0 bridgehead atoms. The minimum absolute atomic E-state index is 0.107. The van der Waals surface area contributed by atoms with Crippen LogP contribution in [0.15, 0.2) is 36.4 Å². The molecule has 2 nitrogen and oxygen atoms in total. The average Bonchev–Trinajstić information content (AvgIpc) is 2.35. The fourth-order valence-corrected chi connectivity index (χ4v) is 2.29. The number of aliphatic hydroxyl groups is 1. The lowest BCUT2D eigenvalue weighted by Gasteiger charge is -2.33. The molecular weight excluding hydrogens is 210 g/mol. The van der Waals surface area contributed by atoms with Crippen LogP contribution in [0.3, 0.4) is 0 Å². The molecule has 0 aromatic heterocycles. The Bertz CT molecular complexity index is 360. The van der Waals surface area contributed by atoms with E-state index in [4.69, 9.17) is 0 Å². The van der Waals surface area contributed by atoms with Gasteiger partial charge in [0.2, 0.25) is 0 Å². The van der Waals surface area contributed by atoms with E-state index in [9.17, 15) is 5.11 Å². The number of aliphatic hydroxyl groups excluding tert-OH is 1. The van der Waals surface area contributed by atoms with Crippen molar-refractivity contribution >= 4 is 6.08 Å². The molecule has 0 radical (unpaired) electrons. The number of benzene rings is 1. The van der Waals surface area contributed by atoms with Gasteiger partial charge in [0.25, 0.3) is 0 Å². The normalized spacial score (nSPS) is 26.5. The predicted octanol–water partition coefficient (Wildman–Crippen LogP) is 2.40. The van der Waals surface area contributed by atoms with Crippen LogP contribution in [0.25, 0.3) is 6.08 Å². The van der Waals surface area contributed by atoms with Crippen molar-refractivity contribution < 1.29 is 5.11 Å². The van der Waals surface area contributed by atoms with Crippen LogP contribution in [-0.4, -0.2) is 35.7 Å². The highest BCUT2D eigenvalue weighted by molar-refractivity contribution is 5.48. The van der Waals surface area contributed by atoms with Gasteiger partial charge < -0.3 is 5.11 Å². The fourth-order valence-electron chi connectivity index (χ4n) is 2.29. The maximum atomic E-state index is 9.65. The zero-order valence-electron chi connectivity index (χ0n) is 10.4. The highest BCUT2D eigenvalue weighted by Gasteiger charge is 2.22. The van der Waals surface area contributed by atoms with Gasteiger partial charge in [-0.2, -0.15) is 0 Å². The summed E-state index contributed by atoms with van der Waals surface area (Å²) in [6.45, 7) is 5.11. The number of likely N-dealkylation sites (tertiary alicyclic amines) is 1. The Morgan fingerprint density at radius 1 is 1.35 bits per heavy atom. The highest BCUT2D eigenvalue weighted by Crippen LogP contribution is 2.16. The maximum Gasteiger partial charge on any atom is 0.0590 e. The van der Waals surface area contributed by atoms with E-state index in [1.807, 2.05) is 6.07 Å². The molecule has 1 saturated heterocycles. The van der Waals surface area contributed by atoms with Gasteiger partial charge >= 0.3 is 0 Å². The molecule has 0 spiro atoms. The van der Waals surface area contributed by atoms with Crippen molar-refractivity contribution in [3.63, 3.8) is 0 Å². The molecule has 1 N–H and O–H groups in total. The standard InChI is InChI=1S/C15H21NO/c1-13-12-16(11-9-15(13)17)10-5-8-14-6-3-2-4-7-14/h2-8,13,15,17H,9-12H2,1H3/b8-5+. The van der Waals surface area contributed by atoms with E-state index in [1.165, 1.54) is 5.56 Å². The van der Waals surface area contributed by atoms with Crippen LogP contribution in [0.4, 0.5) is 0 Å². The summed E-state index contributed by atoms with van der Waals surface area (Å²) in [6, 6.07) is 10.4. The van der Waals surface area contributed by atoms with Crippen molar-refractivity contribution in [3.05, 3.63) is 42.0 Å². The first kappa shape index (κ1) is 12.3. The zero-order chi connectivity index (χ0) is 12.1. The minimum atomic E-state index is -0.107. The highest BCUT2D eigenvalue weighted by atomic mass is 16.3. The van der Waals surface area contributed by atoms with E-state index >= 15 is 0 Å². The summed E-state index contributed by atoms with van der Waals surface area (Å²) < 4.78 is 0. The largest absolute Gasteiger partial charge is 0.393 e. The van der Waals surface area contributed by atoms with Gasteiger partial charge in [-0.25, -0.2) is 0 Å². The number of rotatable bonds is 3. The first-order valence-electron chi connectivity index (χ1n) is 6.38. The van der Waals surface area contributed by atoms with E-state index in [2.05, 4.69) is 48.2 Å². The van der Waals surface area contributed by atoms with Gasteiger partial charge in [-0.05, 0) is 17.9 Å². The van der Waals surface area contributed by atoms with Gasteiger partial charge in [-0.1, -0.05) is 49.4 Å². The average molecular weight is 231 g/mol. The number of hydrogen-bond donors (Lipinski definition) is 1. The summed E-state index contributed by atoms with van der Waals surface area (Å²) >= 11 is 0. The van der Waals surface area contributed by atoms with Crippen LogP contribution in [0.5, 0.6) is 0 Å². The second-order valence-electron chi connectivity index (χ2n) is 4.91. The first-order chi connectivity index (χ1) is 8.25. The van der Waals surface area contributed by atoms with Crippen molar-refractivity contribution in [1.82, 2.24) is 4.90 Å². The molecule has 92 valence electrons. The van der Waals surface area contributed by atoms with Gasteiger partial charge in [-0.15, -0.1) is 0 Å². The quantitative estimate of drug-likeness (QED) is 0.863. The van der Waals surface area contributed by atoms with Crippen LogP contribution >= 0.6 is 0 Å². The molecule has 2 unspecified atom stereocenters. The number of piperidine rings is 1. The third-order valence-electron chi connectivity index (χ3n) is 3.42. The van der Waals surface area contributed by atoms with Crippen LogP contribution in [-0.2, 0) is 0 Å². The molecule has 2 atom stereocenters. The molecule has 1 aromatic carbocycles. The third-order valence-corrected chi connectivity index (χ3v) is 3.42. The molecule has 1 aromatic rings. The topological polar surface area (TPSA) is 23.5 Å². The SMILES string of the molecule is CC1CN(C/C=C/c2ccccc2)CCC1O. The third kappa shape index (κ3) is 3.69. The summed E-state index contributed by atoms with van der Waals surface area (Å²) in [5.41, 5.74) is 1.25. The van der Waals surface area contributed by atoms with Crippen molar-refractivity contribution in [2.45, 2.75) is 19.4 Å². The molecule has 1 aliphatic rings. The molecule has 0 amide bonds. The lowest BCUT2D eigenvalue weighted by molar-refractivity contribution is 0.0397. The van der Waals surface area contributed by atoms with E-state index in [0.717, 1.165) is 26.1 Å². The number of hydrogen-bond acceptors (Lipinski definition) is 2. The van der Waals surface area contributed by atoms with E-state index in [-0.39, 0.29) is 6.10 Å². The smallest absolute Gasteiger partial charge is 0.0590 e. The Morgan fingerprint density at radius 3 is 2.82 bits per heavy atom. The monoisotopic (exact) mass is 231 g/mol. The van der Waals surface area contributed by atoms with Crippen molar-refractivity contribution in [2.75, 3.05) is 19.6 Å². The number of nitrogens with zero attached hydrogens (tertiary/aromatic N) is 1. The maximum absolute atomic E-state index is 9.65. The first-order valence-corrected chi connectivity index (χ1v) is 6.38. The fraction of sp³-hybridized carbons (Fsp3) is 0.467. The van der Waals surface area contributed by atoms with E-state index < -0.39 is 0 Å². The molecule has 17 heavy (non-hydrogen) atoms. The van der Waals surface area contributed by atoms with Gasteiger partial charge in [0, 0.05) is 19.6 Å². The van der Waals surface area contributed by atoms with E-state index in [0.29, 0.717) is 5.92 Å². The van der Waals surface area contributed by atoms with Gasteiger partial charge in [0.15, 0.2) is 0 Å². The van der Waals surface area contributed by atoms with Crippen LogP contribution in [0.2, 0.25) is 0 Å². The summed E-state index contributed by atoms with van der Waals surface area (Å²) in [5, 5.41) is 9.65. The molecule has 1 fully saturated rings. The molecule has 0 aliphatic carbocycles. The molecular formula is C15H21NO. The zero-order valence-corrected chi connectivity index (χ0v) is 10.4. The summed E-state index contributed by atoms with van der Waals surface area (Å²) in [4.78, 5) is 2.40. The Balaban J connectivity index is 1.81. The van der Waals surface area contributed by atoms with Crippen molar-refractivity contribution in [2.24, 2.45) is 5.92 Å².